The summed E-state index contributed by atoms with van der Waals surface area (Å²) >= 11 is 0. The predicted molar refractivity (Wildman–Crippen MR) is 109 cm³/mol. The summed E-state index contributed by atoms with van der Waals surface area (Å²) in [5, 5.41) is 1.84. The van der Waals surface area contributed by atoms with Gasteiger partial charge >= 0.3 is 17.9 Å². The van der Waals surface area contributed by atoms with Gasteiger partial charge in [-0.25, -0.2) is 0 Å². The molecule has 0 aromatic rings. The van der Waals surface area contributed by atoms with Crippen molar-refractivity contribution in [3.8, 4) is 0 Å². The molecule has 0 unspecified atom stereocenters. The van der Waals surface area contributed by atoms with Crippen molar-refractivity contribution in [1.82, 2.24) is 5.06 Å². The van der Waals surface area contributed by atoms with Gasteiger partial charge in [0.25, 0.3) is 0 Å². The lowest BCUT2D eigenvalue weighted by molar-refractivity contribution is -0.161. The summed E-state index contributed by atoms with van der Waals surface area (Å²) in [7, 11) is -5.82. The van der Waals surface area contributed by atoms with Crippen molar-refractivity contribution in [2.75, 3.05) is 52.7 Å². The Balaban J connectivity index is 4.92. The highest BCUT2D eigenvalue weighted by molar-refractivity contribution is 6.60. The monoisotopic (exact) mass is 427 g/mol. The molecule has 0 N–H and O–H groups in total. The second-order valence-corrected chi connectivity index (χ2v) is 10.3. The molecule has 0 bridgehead atoms. The number of hydrogen-bond donors (Lipinski definition) is 0. The van der Waals surface area contributed by atoms with Crippen LogP contribution in [0, 0.1) is 0 Å². The average molecular weight is 428 g/mol. The van der Waals surface area contributed by atoms with Gasteiger partial charge in [-0.3, -0.25) is 4.53 Å². The topological polar surface area (TPSA) is 67.9 Å². The van der Waals surface area contributed by atoms with E-state index in [1.807, 2.05) is 53.5 Å². The van der Waals surface area contributed by atoms with E-state index in [9.17, 15) is 0 Å². The molecule has 10 heteroatoms. The maximum atomic E-state index is 6.10. The molecule has 0 fully saturated rings. The van der Waals surface area contributed by atoms with Gasteiger partial charge in [0.2, 0.25) is 0 Å². The highest BCUT2D eigenvalue weighted by Gasteiger charge is 2.47. The Labute approximate surface area is 168 Å². The normalized spacial score (nSPS) is 12.9. The quantitative estimate of drug-likeness (QED) is 0.230. The molecule has 0 atom stereocenters. The summed E-state index contributed by atoms with van der Waals surface area (Å²) in [6.07, 6.45) is 0.814. The molecule has 8 nitrogen and oxygen atoms in total. The molecule has 0 radical (unpaired) electrons. The molecule has 0 amide bonds. The maximum absolute atomic E-state index is 6.10. The second kappa shape index (κ2) is 16.0. The summed E-state index contributed by atoms with van der Waals surface area (Å²) in [5.41, 5.74) is 0. The fourth-order valence-electron chi connectivity index (χ4n) is 2.63. The molecule has 0 aromatic carbocycles. The Kier molecular flexibility index (Phi) is 16.0. The van der Waals surface area contributed by atoms with Crippen molar-refractivity contribution in [1.29, 1.82) is 0 Å². The van der Waals surface area contributed by atoms with Crippen molar-refractivity contribution < 1.29 is 31.1 Å². The van der Waals surface area contributed by atoms with Crippen molar-refractivity contribution in [2.45, 2.75) is 60.9 Å². The highest BCUT2D eigenvalue weighted by Crippen LogP contribution is 2.20. The molecule has 164 valence electrons. The van der Waals surface area contributed by atoms with Crippen LogP contribution >= 0.6 is 0 Å². The molecular formula is C17H41NO7Si2. The standard InChI is InChI=1S/C17H41NO7Si2/c1-8-18(25-27(22-12-5,23-13-6)24-14-7)16-15-17-26(19-9-2,20-10-3)21-11-4/h8-17H2,1-7H3. The number of rotatable bonds is 19. The van der Waals surface area contributed by atoms with Gasteiger partial charge in [0.15, 0.2) is 0 Å². The first-order valence-electron chi connectivity index (χ1n) is 10.3. The van der Waals surface area contributed by atoms with Crippen molar-refractivity contribution in [3.05, 3.63) is 0 Å². The zero-order valence-corrected chi connectivity index (χ0v) is 20.4. The third kappa shape index (κ3) is 10.5. The van der Waals surface area contributed by atoms with Crippen LogP contribution in [0.2, 0.25) is 6.04 Å². The molecule has 0 aliphatic carbocycles. The first-order chi connectivity index (χ1) is 13.0. The van der Waals surface area contributed by atoms with Crippen LogP contribution in [0.15, 0.2) is 0 Å². The summed E-state index contributed by atoms with van der Waals surface area (Å²) in [5.74, 6) is 0. The van der Waals surface area contributed by atoms with E-state index in [0.717, 1.165) is 12.5 Å². The Morgan fingerprint density at radius 1 is 0.593 bits per heavy atom. The van der Waals surface area contributed by atoms with Crippen LogP contribution in [0.5, 0.6) is 0 Å². The minimum absolute atomic E-state index is 0.471. The molecule has 0 saturated heterocycles. The molecule has 0 aliphatic heterocycles. The zero-order chi connectivity index (χ0) is 20.6. The average Bonchev–Trinajstić information content (AvgIpc) is 2.62. The van der Waals surface area contributed by atoms with E-state index in [0.29, 0.717) is 52.7 Å². The van der Waals surface area contributed by atoms with Crippen LogP contribution in [-0.4, -0.2) is 75.6 Å². The first kappa shape index (κ1) is 27.1. The Morgan fingerprint density at radius 2 is 1.00 bits per heavy atom. The van der Waals surface area contributed by atoms with Crippen LogP contribution in [0.25, 0.3) is 0 Å². The summed E-state index contributed by atoms with van der Waals surface area (Å²) in [6, 6.07) is 0.731. The van der Waals surface area contributed by atoms with Gasteiger partial charge in [-0.1, -0.05) is 6.92 Å². The Hall–Kier alpha value is 0.114. The lowest BCUT2D eigenvalue weighted by atomic mass is 10.5. The lowest BCUT2D eigenvalue weighted by Crippen LogP contribution is -2.54. The van der Waals surface area contributed by atoms with Crippen LogP contribution in [0.3, 0.4) is 0 Å². The van der Waals surface area contributed by atoms with Gasteiger partial charge in [0.05, 0.1) is 0 Å². The maximum Gasteiger partial charge on any atom is 0.697 e. The SMILES string of the molecule is CCO[Si](CCCN(CC)O[Si](OCC)(OCC)OCC)(OCC)OCC. The van der Waals surface area contributed by atoms with Gasteiger partial charge in [0.1, 0.15) is 0 Å². The van der Waals surface area contributed by atoms with Crippen LogP contribution < -0.4 is 0 Å². The van der Waals surface area contributed by atoms with Crippen LogP contribution in [-0.2, 0) is 31.1 Å². The number of nitrogens with zero attached hydrogens (tertiary/aromatic N) is 1. The highest BCUT2D eigenvalue weighted by atomic mass is 28.4. The molecular weight excluding hydrogens is 386 g/mol. The van der Waals surface area contributed by atoms with E-state index < -0.39 is 17.9 Å². The smallest absolute Gasteiger partial charge is 0.374 e. The minimum Gasteiger partial charge on any atom is -0.374 e. The first-order valence-corrected chi connectivity index (χ1v) is 13.8. The fourth-order valence-corrected chi connectivity index (χ4v) is 7.23. The van der Waals surface area contributed by atoms with Gasteiger partial charge in [-0.2, -0.15) is 5.06 Å². The summed E-state index contributed by atoms with van der Waals surface area (Å²) < 4.78 is 41.2. The second-order valence-electron chi connectivity index (χ2n) is 5.50. The van der Waals surface area contributed by atoms with Crippen molar-refractivity contribution in [2.24, 2.45) is 0 Å². The van der Waals surface area contributed by atoms with Gasteiger partial charge in [0, 0.05) is 58.8 Å². The molecule has 0 rings (SSSR count). The van der Waals surface area contributed by atoms with Crippen LogP contribution in [0.4, 0.5) is 0 Å². The predicted octanol–water partition coefficient (Wildman–Crippen LogP) is 3.22. The van der Waals surface area contributed by atoms with Gasteiger partial charge in [-0.05, 0) is 48.0 Å². The molecule has 0 heterocycles. The molecule has 0 spiro atoms. The van der Waals surface area contributed by atoms with E-state index in [-0.39, 0.29) is 0 Å². The van der Waals surface area contributed by atoms with E-state index in [1.54, 1.807) is 0 Å². The zero-order valence-electron chi connectivity index (χ0n) is 18.4. The van der Waals surface area contributed by atoms with E-state index in [2.05, 4.69) is 0 Å². The number of hydrogen-bond acceptors (Lipinski definition) is 8. The lowest BCUT2D eigenvalue weighted by Gasteiger charge is -2.33. The molecule has 0 aromatic heterocycles. The summed E-state index contributed by atoms with van der Waals surface area (Å²) in [4.78, 5) is 0. The van der Waals surface area contributed by atoms with Crippen molar-refractivity contribution in [3.63, 3.8) is 0 Å². The Morgan fingerprint density at radius 3 is 1.33 bits per heavy atom. The van der Waals surface area contributed by atoms with Gasteiger partial charge in [-0.15, -0.1) is 0 Å². The number of hydroxylamine groups is 2. The summed E-state index contributed by atoms with van der Waals surface area (Å²) in [6.45, 7) is 18.2. The molecule has 27 heavy (non-hydrogen) atoms. The largest absolute Gasteiger partial charge is 0.697 e. The third-order valence-corrected chi connectivity index (χ3v) is 9.10. The molecule has 0 aliphatic rings. The van der Waals surface area contributed by atoms with Crippen molar-refractivity contribution >= 4 is 17.9 Å². The molecule has 0 saturated carbocycles. The minimum atomic E-state index is -3.18. The Bertz CT molecular complexity index is 319. The van der Waals surface area contributed by atoms with E-state index in [4.69, 9.17) is 31.1 Å². The third-order valence-electron chi connectivity index (χ3n) is 3.54. The van der Waals surface area contributed by atoms with Gasteiger partial charge < -0.3 is 26.6 Å². The van der Waals surface area contributed by atoms with E-state index in [1.165, 1.54) is 0 Å². The fraction of sp³-hybridized carbons (Fsp3) is 1.00. The van der Waals surface area contributed by atoms with Crippen LogP contribution in [0.1, 0.15) is 54.9 Å². The van der Waals surface area contributed by atoms with E-state index >= 15 is 0 Å².